The molecular weight excluding hydrogens is 724 g/mol. The fourth-order valence-electron chi connectivity index (χ4n) is 6.46. The lowest BCUT2D eigenvalue weighted by Crippen LogP contribution is -2.42. The largest absolute Gasteiger partial charge is 0.351 e. The van der Waals surface area contributed by atoms with Crippen LogP contribution in [0, 0.1) is 5.82 Å². The molecule has 0 saturated carbocycles. The van der Waals surface area contributed by atoms with Crippen molar-refractivity contribution < 1.29 is 21.2 Å². The summed E-state index contributed by atoms with van der Waals surface area (Å²) in [5, 5.41) is 22.5. The summed E-state index contributed by atoms with van der Waals surface area (Å²) >= 11 is 0. The molecule has 278 valence electrons. The SMILES string of the molecule is CS(=O)(=O)N1CCC(Nc2ncc3c(-c4cccc(F)c4)[nH]nc3n2)CC1.CS(=O)(=O)N1CCC(Nc2ncc3c(-c4ccccc4)[nH]nc3n2)CC1. The van der Waals surface area contributed by atoms with Gasteiger partial charge in [-0.15, -0.1) is 0 Å². The number of rotatable bonds is 8. The summed E-state index contributed by atoms with van der Waals surface area (Å²) in [6, 6.07) is 16.4. The predicted molar refractivity (Wildman–Crippen MR) is 200 cm³/mol. The van der Waals surface area contributed by atoms with Crippen molar-refractivity contribution >= 4 is 54.0 Å². The highest BCUT2D eigenvalue weighted by Gasteiger charge is 2.27. The zero-order valence-electron chi connectivity index (χ0n) is 29.1. The number of hydrogen-bond acceptors (Lipinski definition) is 12. The molecule has 2 saturated heterocycles. The van der Waals surface area contributed by atoms with Crippen LogP contribution in [0.25, 0.3) is 44.6 Å². The Morgan fingerprint density at radius 3 is 1.57 bits per heavy atom. The summed E-state index contributed by atoms with van der Waals surface area (Å²) in [6.07, 6.45) is 8.72. The third-order valence-corrected chi connectivity index (χ3v) is 11.9. The normalized spacial score (nSPS) is 16.7. The molecule has 0 unspecified atom stereocenters. The zero-order chi connectivity index (χ0) is 37.2. The molecule has 4 aromatic heterocycles. The molecule has 2 aromatic carbocycles. The number of benzene rings is 2. The third kappa shape index (κ3) is 8.59. The van der Waals surface area contributed by atoms with Crippen molar-refractivity contribution in [3.05, 3.63) is 72.8 Å². The van der Waals surface area contributed by atoms with E-state index in [4.69, 9.17) is 0 Å². The van der Waals surface area contributed by atoms with E-state index in [1.165, 1.54) is 33.3 Å². The van der Waals surface area contributed by atoms with Crippen LogP contribution in [0.2, 0.25) is 0 Å². The van der Waals surface area contributed by atoms with Gasteiger partial charge in [0.05, 0.1) is 34.7 Å². The van der Waals surface area contributed by atoms with E-state index in [-0.39, 0.29) is 17.9 Å². The van der Waals surface area contributed by atoms with Gasteiger partial charge in [-0.05, 0) is 37.8 Å². The number of sulfonamides is 2. The summed E-state index contributed by atoms with van der Waals surface area (Å²) in [6.45, 7) is 1.98. The van der Waals surface area contributed by atoms with Gasteiger partial charge in [0, 0.05) is 61.8 Å². The minimum atomic E-state index is -3.14. The lowest BCUT2D eigenvalue weighted by atomic mass is 10.1. The molecule has 2 aliphatic heterocycles. The van der Waals surface area contributed by atoms with E-state index >= 15 is 0 Å². The highest BCUT2D eigenvalue weighted by molar-refractivity contribution is 7.88. The molecule has 0 radical (unpaired) electrons. The molecule has 0 spiro atoms. The van der Waals surface area contributed by atoms with Gasteiger partial charge in [0.25, 0.3) is 0 Å². The maximum atomic E-state index is 13.5. The molecule has 0 atom stereocenters. The Labute approximate surface area is 305 Å². The Hall–Kier alpha value is -5.11. The maximum Gasteiger partial charge on any atom is 0.224 e. The van der Waals surface area contributed by atoms with Gasteiger partial charge in [0.2, 0.25) is 31.9 Å². The number of aromatic amines is 2. The Bertz CT molecular complexity index is 2430. The van der Waals surface area contributed by atoms with E-state index in [0.717, 1.165) is 29.5 Å². The van der Waals surface area contributed by atoms with Crippen molar-refractivity contribution in [2.24, 2.45) is 0 Å². The zero-order valence-corrected chi connectivity index (χ0v) is 30.7. The van der Waals surface area contributed by atoms with E-state index in [2.05, 4.69) is 51.0 Å². The minimum absolute atomic E-state index is 0.0991. The summed E-state index contributed by atoms with van der Waals surface area (Å²) in [5.41, 5.74) is 4.36. The van der Waals surface area contributed by atoms with Gasteiger partial charge in [0.1, 0.15) is 5.82 Å². The molecule has 19 heteroatoms. The Morgan fingerprint density at radius 1 is 0.660 bits per heavy atom. The number of H-pyrrole nitrogens is 2. The molecule has 8 rings (SSSR count). The van der Waals surface area contributed by atoms with Gasteiger partial charge < -0.3 is 10.6 Å². The van der Waals surface area contributed by atoms with Crippen LogP contribution in [0.3, 0.4) is 0 Å². The number of nitrogens with zero attached hydrogens (tertiary/aromatic N) is 8. The topological polar surface area (TPSA) is 208 Å². The van der Waals surface area contributed by atoms with Gasteiger partial charge in [-0.1, -0.05) is 42.5 Å². The molecule has 0 bridgehead atoms. The molecule has 16 nitrogen and oxygen atoms in total. The monoisotopic (exact) mass is 762 g/mol. The highest BCUT2D eigenvalue weighted by atomic mass is 32.2. The predicted octanol–water partition coefficient (Wildman–Crippen LogP) is 3.85. The van der Waals surface area contributed by atoms with Crippen LogP contribution >= 0.6 is 0 Å². The molecule has 6 aromatic rings. The molecule has 2 aliphatic rings. The number of anilines is 2. The lowest BCUT2D eigenvalue weighted by molar-refractivity contribution is 0.331. The van der Waals surface area contributed by atoms with E-state index in [9.17, 15) is 21.2 Å². The van der Waals surface area contributed by atoms with Crippen LogP contribution in [-0.4, -0.2) is 117 Å². The van der Waals surface area contributed by atoms with E-state index in [1.54, 1.807) is 24.5 Å². The fourth-order valence-corrected chi connectivity index (χ4v) is 8.21. The van der Waals surface area contributed by atoms with E-state index in [0.29, 0.717) is 78.9 Å². The van der Waals surface area contributed by atoms with E-state index < -0.39 is 20.0 Å². The van der Waals surface area contributed by atoms with Crippen molar-refractivity contribution in [2.45, 2.75) is 37.8 Å². The molecule has 2 fully saturated rings. The standard InChI is InChI=1S/C17H19FN6O2S.C17H20N6O2S/c1-27(25,26)24-7-5-13(6-8-24)20-17-19-10-14-15(22-23-16(14)21-17)11-3-2-4-12(18)9-11;1-26(24,25)23-9-7-13(8-10-23)19-17-18-11-14-15(21-22-16(14)20-17)12-5-3-2-4-6-12/h2-4,9-10,13H,5-8H2,1H3,(H2,19,20,21,22,23);2-6,11,13H,7-10H2,1H3,(H2,18,19,20,21,22). The molecule has 0 aliphatic carbocycles. The van der Waals surface area contributed by atoms with Gasteiger partial charge in [-0.3, -0.25) is 10.2 Å². The molecule has 6 heterocycles. The fraction of sp³-hybridized carbons (Fsp3) is 0.353. The molecule has 0 amide bonds. The first kappa shape index (κ1) is 36.3. The number of piperidine rings is 2. The van der Waals surface area contributed by atoms with Crippen LogP contribution in [0.4, 0.5) is 16.3 Å². The van der Waals surface area contributed by atoms with Gasteiger partial charge in [-0.25, -0.2) is 39.8 Å². The number of halogens is 1. The quantitative estimate of drug-likeness (QED) is 0.174. The first-order valence-electron chi connectivity index (χ1n) is 17.1. The minimum Gasteiger partial charge on any atom is -0.351 e. The van der Waals surface area contributed by atoms with Gasteiger partial charge in [0.15, 0.2) is 11.3 Å². The second kappa shape index (κ2) is 15.1. The molecule has 53 heavy (non-hydrogen) atoms. The number of aromatic nitrogens is 8. The van der Waals surface area contributed by atoms with Gasteiger partial charge in [-0.2, -0.15) is 20.2 Å². The summed E-state index contributed by atoms with van der Waals surface area (Å²) in [4.78, 5) is 17.7. The maximum absolute atomic E-state index is 13.5. The highest BCUT2D eigenvalue weighted by Crippen LogP contribution is 2.27. The Kier molecular flexibility index (Phi) is 10.3. The van der Waals surface area contributed by atoms with Crippen LogP contribution in [0.1, 0.15) is 25.7 Å². The van der Waals surface area contributed by atoms with Crippen LogP contribution in [0.15, 0.2) is 67.0 Å². The van der Waals surface area contributed by atoms with Crippen molar-refractivity contribution in [3.63, 3.8) is 0 Å². The third-order valence-electron chi connectivity index (χ3n) is 9.31. The second-order valence-corrected chi connectivity index (χ2v) is 17.1. The first-order chi connectivity index (χ1) is 25.4. The Morgan fingerprint density at radius 2 is 1.11 bits per heavy atom. The van der Waals surface area contributed by atoms with Crippen molar-refractivity contribution in [1.82, 2.24) is 48.9 Å². The van der Waals surface area contributed by atoms with Crippen molar-refractivity contribution in [2.75, 3.05) is 49.3 Å². The smallest absolute Gasteiger partial charge is 0.224 e. The summed E-state index contributed by atoms with van der Waals surface area (Å²) in [5.74, 6) is 0.633. The van der Waals surface area contributed by atoms with Crippen LogP contribution < -0.4 is 10.6 Å². The molecular formula is C34H39FN12O4S2. The molecule has 4 N–H and O–H groups in total. The average molecular weight is 763 g/mol. The van der Waals surface area contributed by atoms with Crippen molar-refractivity contribution in [3.8, 4) is 22.5 Å². The summed E-state index contributed by atoms with van der Waals surface area (Å²) < 4.78 is 62.8. The summed E-state index contributed by atoms with van der Waals surface area (Å²) in [7, 11) is -6.26. The average Bonchev–Trinajstić information content (AvgIpc) is 3.76. The number of hydrogen-bond donors (Lipinski definition) is 4. The second-order valence-electron chi connectivity index (χ2n) is 13.1. The number of nitrogens with one attached hydrogen (secondary N) is 4. The first-order valence-corrected chi connectivity index (χ1v) is 20.8. The number of fused-ring (bicyclic) bond motifs is 2. The van der Waals surface area contributed by atoms with Crippen LogP contribution in [0.5, 0.6) is 0 Å². The Balaban J connectivity index is 0.000000164. The van der Waals surface area contributed by atoms with Gasteiger partial charge >= 0.3 is 0 Å². The lowest BCUT2D eigenvalue weighted by Gasteiger charge is -2.30. The van der Waals surface area contributed by atoms with E-state index in [1.807, 2.05) is 30.3 Å². The van der Waals surface area contributed by atoms with Crippen LogP contribution in [-0.2, 0) is 20.0 Å². The van der Waals surface area contributed by atoms with Crippen molar-refractivity contribution in [1.29, 1.82) is 0 Å².